The summed E-state index contributed by atoms with van der Waals surface area (Å²) >= 11 is 0. The van der Waals surface area contributed by atoms with Crippen molar-refractivity contribution in [2.45, 2.75) is 20.4 Å². The molecule has 0 radical (unpaired) electrons. The van der Waals surface area contributed by atoms with Gasteiger partial charge in [-0.2, -0.15) is 0 Å². The Balaban J connectivity index is 3.05. The fraction of sp³-hybridized carbons (Fsp3) is 0.429. The molecular weight excluding hydrogens is 246 g/mol. The number of Topliss-reactive ketones (excluding diaryl/α,β-unsaturated/α-hetero) is 1. The lowest BCUT2D eigenvalue weighted by Gasteiger charge is -2.19. The predicted molar refractivity (Wildman–Crippen MR) is 71.4 cm³/mol. The number of likely N-dealkylation sites (N-methyl/N-ethyl adjacent to an activating group) is 1. The van der Waals surface area contributed by atoms with Crippen molar-refractivity contribution in [3.05, 3.63) is 23.3 Å². The molecule has 1 aromatic rings. The second-order valence-electron chi connectivity index (χ2n) is 4.30. The van der Waals surface area contributed by atoms with Gasteiger partial charge >= 0.3 is 0 Å². The van der Waals surface area contributed by atoms with Crippen LogP contribution >= 0.6 is 0 Å². The normalized spacial score (nSPS) is 9.95. The molecule has 0 aliphatic heterocycles. The Hall–Kier alpha value is -2.04. The Morgan fingerprint density at radius 3 is 2.32 bits per heavy atom. The topological polar surface area (TPSA) is 55.8 Å². The Morgan fingerprint density at radius 2 is 1.84 bits per heavy atom. The van der Waals surface area contributed by atoms with Gasteiger partial charge in [0.2, 0.25) is 5.78 Å². The Kier molecular flexibility index (Phi) is 4.92. The van der Waals surface area contributed by atoms with Gasteiger partial charge < -0.3 is 14.4 Å². The van der Waals surface area contributed by atoms with Crippen LogP contribution in [0.25, 0.3) is 0 Å². The Bertz CT molecular complexity index is 496. The highest BCUT2D eigenvalue weighted by Crippen LogP contribution is 2.31. The van der Waals surface area contributed by atoms with E-state index in [4.69, 9.17) is 9.47 Å². The summed E-state index contributed by atoms with van der Waals surface area (Å²) in [4.78, 5) is 24.0. The van der Waals surface area contributed by atoms with Crippen LogP contribution in [0, 0.1) is 6.92 Å². The predicted octanol–water partition coefficient (Wildman–Crippen LogP) is 1.56. The molecule has 1 aromatic carbocycles. The van der Waals surface area contributed by atoms with Gasteiger partial charge in [-0.15, -0.1) is 0 Å². The van der Waals surface area contributed by atoms with E-state index < -0.39 is 11.7 Å². The first-order chi connectivity index (χ1) is 8.92. The van der Waals surface area contributed by atoms with E-state index in [0.29, 0.717) is 12.3 Å². The van der Waals surface area contributed by atoms with Crippen LogP contribution in [0.15, 0.2) is 12.1 Å². The Labute approximate surface area is 113 Å². The maximum absolute atomic E-state index is 11.6. The lowest BCUT2D eigenvalue weighted by molar-refractivity contribution is -0.143. The number of hydrogen-bond donors (Lipinski definition) is 0. The number of ether oxygens (including phenoxy) is 2. The molecule has 0 unspecified atom stereocenters. The number of rotatable bonds is 5. The molecule has 0 fully saturated rings. The van der Waals surface area contributed by atoms with Gasteiger partial charge in [0, 0.05) is 31.6 Å². The molecule has 0 atom stereocenters. The van der Waals surface area contributed by atoms with Gasteiger partial charge in [0.05, 0.1) is 14.2 Å². The zero-order valence-electron chi connectivity index (χ0n) is 11.9. The molecule has 0 aliphatic carbocycles. The second kappa shape index (κ2) is 6.22. The molecule has 104 valence electrons. The summed E-state index contributed by atoms with van der Waals surface area (Å²) in [5.41, 5.74) is 1.70. The molecular formula is C14H19NO4. The van der Waals surface area contributed by atoms with Crippen LogP contribution in [-0.4, -0.2) is 37.9 Å². The monoisotopic (exact) mass is 265 g/mol. The van der Waals surface area contributed by atoms with Crippen LogP contribution in [0.5, 0.6) is 11.5 Å². The van der Waals surface area contributed by atoms with Gasteiger partial charge in [-0.25, -0.2) is 0 Å². The van der Waals surface area contributed by atoms with E-state index in [-0.39, 0.29) is 0 Å². The van der Waals surface area contributed by atoms with Gasteiger partial charge in [0.25, 0.3) is 5.91 Å². The van der Waals surface area contributed by atoms with Crippen LogP contribution in [0.3, 0.4) is 0 Å². The molecule has 19 heavy (non-hydrogen) atoms. The van der Waals surface area contributed by atoms with E-state index in [1.54, 1.807) is 21.3 Å². The average molecular weight is 265 g/mol. The first kappa shape index (κ1) is 15.0. The highest BCUT2D eigenvalue weighted by Gasteiger charge is 2.17. The first-order valence-corrected chi connectivity index (χ1v) is 5.88. The van der Waals surface area contributed by atoms with Crippen molar-refractivity contribution in [1.82, 2.24) is 4.90 Å². The highest BCUT2D eigenvalue weighted by atomic mass is 16.5. The summed E-state index contributed by atoms with van der Waals surface area (Å²) in [5.74, 6) is 0.394. The molecule has 0 spiro atoms. The fourth-order valence-electron chi connectivity index (χ4n) is 1.96. The zero-order chi connectivity index (χ0) is 14.6. The molecule has 1 amide bonds. The van der Waals surface area contributed by atoms with E-state index in [1.165, 1.54) is 11.8 Å². The van der Waals surface area contributed by atoms with Crippen LogP contribution in [0.2, 0.25) is 0 Å². The van der Waals surface area contributed by atoms with Gasteiger partial charge in [0.15, 0.2) is 0 Å². The lowest BCUT2D eigenvalue weighted by Crippen LogP contribution is -2.31. The SMILES string of the molecule is COc1ccc(CN(C)C(=O)C(C)=O)c(OC)c1C. The fourth-order valence-corrected chi connectivity index (χ4v) is 1.96. The molecule has 0 bridgehead atoms. The van der Waals surface area contributed by atoms with Crippen molar-refractivity contribution in [3.8, 4) is 11.5 Å². The first-order valence-electron chi connectivity index (χ1n) is 5.88. The third kappa shape index (κ3) is 3.24. The molecule has 0 saturated carbocycles. The number of methoxy groups -OCH3 is 2. The minimum atomic E-state index is -0.518. The molecule has 0 aliphatic rings. The van der Waals surface area contributed by atoms with Crippen LogP contribution in [0.1, 0.15) is 18.1 Å². The summed E-state index contributed by atoms with van der Waals surface area (Å²) in [6.07, 6.45) is 0. The minimum absolute atomic E-state index is 0.312. The molecule has 0 N–H and O–H groups in total. The Morgan fingerprint density at radius 1 is 1.21 bits per heavy atom. The van der Waals surface area contributed by atoms with Crippen molar-refractivity contribution >= 4 is 11.7 Å². The molecule has 0 saturated heterocycles. The molecule has 5 heteroatoms. The third-order valence-electron chi connectivity index (χ3n) is 2.92. The maximum atomic E-state index is 11.6. The van der Waals surface area contributed by atoms with Gasteiger partial charge in [-0.05, 0) is 19.1 Å². The number of hydrogen-bond acceptors (Lipinski definition) is 4. The minimum Gasteiger partial charge on any atom is -0.496 e. The maximum Gasteiger partial charge on any atom is 0.289 e. The van der Waals surface area contributed by atoms with E-state index >= 15 is 0 Å². The average Bonchev–Trinajstić information content (AvgIpc) is 2.38. The van der Waals surface area contributed by atoms with Crippen molar-refractivity contribution in [3.63, 3.8) is 0 Å². The standard InChI is InChI=1S/C14H19NO4/c1-9-12(18-4)7-6-11(13(9)19-5)8-15(3)14(17)10(2)16/h6-7H,8H2,1-5H3. The van der Waals surface area contributed by atoms with Crippen LogP contribution in [0.4, 0.5) is 0 Å². The van der Waals surface area contributed by atoms with E-state index in [0.717, 1.165) is 16.9 Å². The van der Waals surface area contributed by atoms with Crippen LogP contribution in [-0.2, 0) is 16.1 Å². The molecule has 1 rings (SSSR count). The summed E-state index contributed by atoms with van der Waals surface area (Å²) in [6.45, 7) is 3.45. The number of nitrogens with zero attached hydrogens (tertiary/aromatic N) is 1. The number of ketones is 1. The molecule has 0 heterocycles. The van der Waals surface area contributed by atoms with Crippen molar-refractivity contribution in [2.24, 2.45) is 0 Å². The highest BCUT2D eigenvalue weighted by molar-refractivity contribution is 6.34. The zero-order valence-corrected chi connectivity index (χ0v) is 11.9. The van der Waals surface area contributed by atoms with Gasteiger partial charge in [-0.1, -0.05) is 0 Å². The molecule has 5 nitrogen and oxygen atoms in total. The summed E-state index contributed by atoms with van der Waals surface area (Å²) < 4.78 is 10.6. The van der Waals surface area contributed by atoms with Crippen molar-refractivity contribution in [1.29, 1.82) is 0 Å². The van der Waals surface area contributed by atoms with Gasteiger partial charge in [-0.3, -0.25) is 9.59 Å². The number of carbonyl (C=O) groups is 2. The second-order valence-corrected chi connectivity index (χ2v) is 4.30. The summed E-state index contributed by atoms with van der Waals surface area (Å²) in [6, 6.07) is 3.65. The number of carbonyl (C=O) groups excluding carboxylic acids is 2. The lowest BCUT2D eigenvalue weighted by atomic mass is 10.1. The van der Waals surface area contributed by atoms with E-state index in [2.05, 4.69) is 0 Å². The summed E-state index contributed by atoms with van der Waals surface area (Å²) in [7, 11) is 4.74. The summed E-state index contributed by atoms with van der Waals surface area (Å²) in [5, 5.41) is 0. The molecule has 0 aromatic heterocycles. The number of amides is 1. The van der Waals surface area contributed by atoms with E-state index in [9.17, 15) is 9.59 Å². The quantitative estimate of drug-likeness (QED) is 0.758. The largest absolute Gasteiger partial charge is 0.496 e. The number of benzene rings is 1. The van der Waals surface area contributed by atoms with E-state index in [1.807, 2.05) is 19.1 Å². The van der Waals surface area contributed by atoms with Crippen molar-refractivity contribution in [2.75, 3.05) is 21.3 Å². The third-order valence-corrected chi connectivity index (χ3v) is 2.92. The van der Waals surface area contributed by atoms with Gasteiger partial charge in [0.1, 0.15) is 11.5 Å². The smallest absolute Gasteiger partial charge is 0.289 e. The van der Waals surface area contributed by atoms with Crippen LogP contribution < -0.4 is 9.47 Å². The van der Waals surface area contributed by atoms with Crippen molar-refractivity contribution < 1.29 is 19.1 Å².